The van der Waals surface area contributed by atoms with E-state index in [-0.39, 0.29) is 5.75 Å². The van der Waals surface area contributed by atoms with Gasteiger partial charge in [-0.3, -0.25) is 9.78 Å². The van der Waals surface area contributed by atoms with Gasteiger partial charge in [0.15, 0.2) is 5.75 Å². The lowest BCUT2D eigenvalue weighted by atomic mass is 10.4. The highest BCUT2D eigenvalue weighted by molar-refractivity contribution is 7.98. The van der Waals surface area contributed by atoms with Crippen LogP contribution in [0.1, 0.15) is 5.76 Å². The molecule has 0 aliphatic carbocycles. The van der Waals surface area contributed by atoms with E-state index in [0.29, 0.717) is 11.5 Å². The Morgan fingerprint density at radius 2 is 2.38 bits per heavy atom. The smallest absolute Gasteiger partial charge is 0.226 e. The molecule has 1 N–H and O–H groups in total. The zero-order valence-corrected chi connectivity index (χ0v) is 9.11. The third-order valence-electron chi connectivity index (χ3n) is 1.88. The van der Waals surface area contributed by atoms with Crippen LogP contribution in [-0.4, -0.2) is 10.1 Å². The lowest BCUT2D eigenvalue weighted by Crippen LogP contribution is -1.98. The molecule has 0 aliphatic heterocycles. The van der Waals surface area contributed by atoms with E-state index in [2.05, 4.69) is 4.98 Å². The number of aromatic hydroxyl groups is 1. The van der Waals surface area contributed by atoms with Crippen LogP contribution in [-0.2, 0) is 5.75 Å². The van der Waals surface area contributed by atoms with Crippen LogP contribution in [0.2, 0.25) is 0 Å². The second-order valence-corrected chi connectivity index (χ2v) is 4.12. The van der Waals surface area contributed by atoms with Crippen molar-refractivity contribution in [2.45, 2.75) is 10.6 Å². The number of hydrogen-bond acceptors (Lipinski definition) is 5. The summed E-state index contributed by atoms with van der Waals surface area (Å²) in [6, 6.07) is 5.06. The van der Waals surface area contributed by atoms with Gasteiger partial charge >= 0.3 is 0 Å². The molecular formula is C11H9NO3S. The Kier molecular flexibility index (Phi) is 3.26. The molecule has 5 heteroatoms. The van der Waals surface area contributed by atoms with Crippen LogP contribution >= 0.6 is 11.8 Å². The molecule has 82 valence electrons. The Bertz CT molecular complexity index is 524. The molecule has 2 heterocycles. The minimum atomic E-state index is -0.423. The second kappa shape index (κ2) is 4.85. The minimum absolute atomic E-state index is 0.366. The third-order valence-corrected chi connectivity index (χ3v) is 2.89. The summed E-state index contributed by atoms with van der Waals surface area (Å²) < 4.78 is 5.07. The van der Waals surface area contributed by atoms with Crippen molar-refractivity contribution in [3.8, 4) is 5.75 Å². The molecule has 0 saturated heterocycles. The predicted octanol–water partition coefficient (Wildman–Crippen LogP) is 2.03. The quantitative estimate of drug-likeness (QED) is 0.825. The van der Waals surface area contributed by atoms with Crippen LogP contribution in [0.4, 0.5) is 0 Å². The van der Waals surface area contributed by atoms with Crippen molar-refractivity contribution in [3.63, 3.8) is 0 Å². The first-order valence-electron chi connectivity index (χ1n) is 4.59. The largest absolute Gasteiger partial charge is 0.502 e. The van der Waals surface area contributed by atoms with Gasteiger partial charge in [-0.2, -0.15) is 0 Å². The zero-order valence-electron chi connectivity index (χ0n) is 8.29. The summed E-state index contributed by atoms with van der Waals surface area (Å²) in [6.07, 6.45) is 4.50. The molecule has 2 rings (SSSR count). The zero-order chi connectivity index (χ0) is 11.4. The van der Waals surface area contributed by atoms with Crippen LogP contribution < -0.4 is 5.43 Å². The number of hydrogen-bond donors (Lipinski definition) is 1. The molecule has 0 radical (unpaired) electrons. The van der Waals surface area contributed by atoms with Crippen molar-refractivity contribution >= 4 is 11.8 Å². The molecule has 0 aliphatic rings. The molecule has 0 aromatic carbocycles. The van der Waals surface area contributed by atoms with Gasteiger partial charge in [0.2, 0.25) is 5.43 Å². The van der Waals surface area contributed by atoms with Gasteiger partial charge in [0.25, 0.3) is 0 Å². The van der Waals surface area contributed by atoms with E-state index in [1.54, 1.807) is 12.4 Å². The van der Waals surface area contributed by atoms with Gasteiger partial charge in [-0.15, -0.1) is 11.8 Å². The highest BCUT2D eigenvalue weighted by atomic mass is 32.2. The molecule has 16 heavy (non-hydrogen) atoms. The van der Waals surface area contributed by atoms with Crippen LogP contribution in [0, 0.1) is 0 Å². The van der Waals surface area contributed by atoms with Crippen molar-refractivity contribution < 1.29 is 9.52 Å². The fourth-order valence-corrected chi connectivity index (χ4v) is 1.88. The molecule has 2 aromatic heterocycles. The standard InChI is InChI=1S/C11H9NO3S/c13-10-4-8(15-6-11(10)14)7-16-9-2-1-3-12-5-9/h1-6,14H,7H2. The fraction of sp³-hybridized carbons (Fsp3) is 0.0909. The van der Waals surface area contributed by atoms with Gasteiger partial charge < -0.3 is 9.52 Å². The number of aromatic nitrogens is 1. The van der Waals surface area contributed by atoms with Gasteiger partial charge in [-0.25, -0.2) is 0 Å². The van der Waals surface area contributed by atoms with E-state index >= 15 is 0 Å². The molecule has 0 fully saturated rings. The van der Waals surface area contributed by atoms with Gasteiger partial charge in [-0.1, -0.05) is 0 Å². The van der Waals surface area contributed by atoms with Crippen molar-refractivity contribution in [2.75, 3.05) is 0 Å². The van der Waals surface area contributed by atoms with Gasteiger partial charge in [0, 0.05) is 23.4 Å². The maximum atomic E-state index is 11.1. The topological polar surface area (TPSA) is 63.3 Å². The Morgan fingerprint density at radius 1 is 1.50 bits per heavy atom. The number of nitrogens with zero attached hydrogens (tertiary/aromatic N) is 1. The third kappa shape index (κ3) is 2.64. The van der Waals surface area contributed by atoms with E-state index in [9.17, 15) is 4.79 Å². The van der Waals surface area contributed by atoms with Crippen molar-refractivity contribution in [1.82, 2.24) is 4.98 Å². The number of rotatable bonds is 3. The Balaban J connectivity index is 2.05. The molecule has 4 nitrogen and oxygen atoms in total. The van der Waals surface area contributed by atoms with Gasteiger partial charge in [0.05, 0.1) is 5.75 Å². The summed E-state index contributed by atoms with van der Waals surface area (Å²) in [6.45, 7) is 0. The van der Waals surface area contributed by atoms with Crippen LogP contribution in [0.5, 0.6) is 5.75 Å². The maximum absolute atomic E-state index is 11.1. The number of pyridine rings is 1. The van der Waals surface area contributed by atoms with Crippen molar-refractivity contribution in [1.29, 1.82) is 0 Å². The average molecular weight is 235 g/mol. The van der Waals surface area contributed by atoms with Crippen LogP contribution in [0.25, 0.3) is 0 Å². The first-order valence-corrected chi connectivity index (χ1v) is 5.58. The highest BCUT2D eigenvalue weighted by Crippen LogP contribution is 2.21. The van der Waals surface area contributed by atoms with E-state index in [1.165, 1.54) is 17.8 Å². The molecule has 0 unspecified atom stereocenters. The van der Waals surface area contributed by atoms with E-state index in [1.807, 2.05) is 12.1 Å². The summed E-state index contributed by atoms with van der Waals surface area (Å²) in [7, 11) is 0. The molecule has 0 bridgehead atoms. The summed E-state index contributed by atoms with van der Waals surface area (Å²) in [5.74, 6) is 0.688. The highest BCUT2D eigenvalue weighted by Gasteiger charge is 2.02. The van der Waals surface area contributed by atoms with Crippen LogP contribution in [0.3, 0.4) is 0 Å². The summed E-state index contributed by atoms with van der Waals surface area (Å²) >= 11 is 1.51. The second-order valence-electron chi connectivity index (χ2n) is 3.07. The fourth-order valence-electron chi connectivity index (χ4n) is 1.11. The summed E-state index contributed by atoms with van der Waals surface area (Å²) in [5, 5.41) is 9.01. The Hall–Kier alpha value is -1.75. The Morgan fingerprint density at radius 3 is 3.06 bits per heavy atom. The van der Waals surface area contributed by atoms with Crippen molar-refractivity contribution in [3.05, 3.63) is 52.8 Å². The lowest BCUT2D eigenvalue weighted by molar-refractivity contribution is 0.419. The molecular weight excluding hydrogens is 226 g/mol. The minimum Gasteiger partial charge on any atom is -0.502 e. The first-order chi connectivity index (χ1) is 7.75. The molecule has 2 aromatic rings. The molecule has 0 atom stereocenters. The average Bonchev–Trinajstić information content (AvgIpc) is 2.32. The molecule has 0 amide bonds. The SMILES string of the molecule is O=c1cc(CSc2cccnc2)occ1O. The lowest BCUT2D eigenvalue weighted by Gasteiger charge is -2.00. The first kappa shape index (κ1) is 10.8. The Labute approximate surface area is 96.0 Å². The number of thioether (sulfide) groups is 1. The maximum Gasteiger partial charge on any atom is 0.226 e. The molecule has 0 spiro atoms. The van der Waals surface area contributed by atoms with Crippen molar-refractivity contribution in [2.24, 2.45) is 0 Å². The van der Waals surface area contributed by atoms with E-state index < -0.39 is 5.43 Å². The normalized spacial score (nSPS) is 10.2. The van der Waals surface area contributed by atoms with E-state index in [4.69, 9.17) is 9.52 Å². The summed E-state index contributed by atoms with van der Waals surface area (Å²) in [4.78, 5) is 16.1. The monoisotopic (exact) mass is 235 g/mol. The van der Waals surface area contributed by atoms with Crippen LogP contribution in [0.15, 0.2) is 51.0 Å². The van der Waals surface area contributed by atoms with Gasteiger partial charge in [-0.05, 0) is 12.1 Å². The van der Waals surface area contributed by atoms with E-state index in [0.717, 1.165) is 11.2 Å². The summed E-state index contributed by atoms with van der Waals surface area (Å²) in [5.41, 5.74) is -0.423. The van der Waals surface area contributed by atoms with Gasteiger partial charge in [0.1, 0.15) is 12.0 Å². The molecule has 0 saturated carbocycles. The predicted molar refractivity (Wildman–Crippen MR) is 60.4 cm³/mol.